The summed E-state index contributed by atoms with van der Waals surface area (Å²) in [4.78, 5) is 85.6. The SMILES string of the molecule is CC[C@H]1OC(=O)[C@H](C)C(=O)[C@H](C)[C@@H](O[C@@H]2O[C@H](C)C[C@H](N(C)C)[C@H]2O)[C@](C)(OC)C[C@@H](C)C(=O)[C@H](C)[C@H]2N(CCCC#Cc3ccc4c(=O)c(C(N)=O)cn(C5CC5)c4c3)C(=O)O[C@]12C. The fourth-order valence-electron chi connectivity index (χ4n) is 10.5. The molecule has 2 amide bonds. The van der Waals surface area contributed by atoms with Crippen molar-refractivity contribution in [2.45, 2.75) is 160 Å². The minimum atomic E-state index is -1.47. The van der Waals surface area contributed by atoms with Crippen molar-refractivity contribution in [3.05, 3.63) is 45.7 Å². The van der Waals surface area contributed by atoms with Gasteiger partial charge in [-0.25, -0.2) is 4.79 Å². The molecule has 0 bridgehead atoms. The van der Waals surface area contributed by atoms with Crippen molar-refractivity contribution in [1.82, 2.24) is 14.4 Å². The first-order chi connectivity index (χ1) is 30.6. The number of aliphatic hydroxyl groups excluding tert-OH is 1. The highest BCUT2D eigenvalue weighted by Gasteiger charge is 2.60. The summed E-state index contributed by atoms with van der Waals surface area (Å²) < 4.78 is 33.1. The number of pyridine rings is 1. The van der Waals surface area contributed by atoms with E-state index in [1.807, 2.05) is 36.6 Å². The number of likely N-dealkylation sites (N-methyl/N-ethyl adjacent to an activating group) is 1. The summed E-state index contributed by atoms with van der Waals surface area (Å²) in [6, 6.07) is 4.22. The molecule has 1 aromatic carbocycles. The summed E-state index contributed by atoms with van der Waals surface area (Å²) in [6.45, 7) is 13.9. The Balaban J connectivity index is 1.28. The number of rotatable bonds is 10. The van der Waals surface area contributed by atoms with Gasteiger partial charge in [-0.05, 0) is 98.5 Å². The molecule has 3 N–H and O–H groups in total. The number of ketones is 2. The highest BCUT2D eigenvalue weighted by Crippen LogP contribution is 2.43. The number of aliphatic hydroxyl groups is 1. The highest BCUT2D eigenvalue weighted by atomic mass is 16.7. The monoisotopic (exact) mass is 904 g/mol. The molecule has 6 rings (SSSR count). The second-order valence-electron chi connectivity index (χ2n) is 19.4. The zero-order chi connectivity index (χ0) is 47.9. The molecule has 1 aliphatic carbocycles. The zero-order valence-electron chi connectivity index (χ0n) is 39.8. The van der Waals surface area contributed by atoms with Gasteiger partial charge in [-0.1, -0.05) is 39.5 Å². The first kappa shape index (κ1) is 49.8. The first-order valence-electron chi connectivity index (χ1n) is 23.0. The topological polar surface area (TPSA) is 206 Å². The Morgan fingerprint density at radius 2 is 1.72 bits per heavy atom. The lowest BCUT2D eigenvalue weighted by molar-refractivity contribution is -0.295. The van der Waals surface area contributed by atoms with E-state index >= 15 is 0 Å². The van der Waals surface area contributed by atoms with E-state index in [0.29, 0.717) is 35.7 Å². The van der Waals surface area contributed by atoms with Crippen LogP contribution in [0.4, 0.5) is 4.79 Å². The lowest BCUT2D eigenvalue weighted by Crippen LogP contribution is -2.60. The lowest BCUT2D eigenvalue weighted by Gasteiger charge is -2.47. The van der Waals surface area contributed by atoms with Gasteiger partial charge in [0.2, 0.25) is 5.43 Å². The van der Waals surface area contributed by atoms with Crippen molar-refractivity contribution in [3.8, 4) is 11.8 Å². The Morgan fingerprint density at radius 1 is 1.03 bits per heavy atom. The van der Waals surface area contributed by atoms with Crippen molar-refractivity contribution in [2.75, 3.05) is 27.7 Å². The number of unbranched alkanes of at least 4 members (excludes halogenated alkanes) is 1. The number of methoxy groups -OCH3 is 1. The third kappa shape index (κ3) is 9.91. The van der Waals surface area contributed by atoms with Gasteiger partial charge >= 0.3 is 12.1 Å². The summed E-state index contributed by atoms with van der Waals surface area (Å²) in [5, 5.41) is 11.9. The Morgan fingerprint density at radius 3 is 2.34 bits per heavy atom. The summed E-state index contributed by atoms with van der Waals surface area (Å²) in [7, 11) is 5.19. The number of fused-ring (bicyclic) bond motifs is 2. The molecule has 4 heterocycles. The first-order valence-corrected chi connectivity index (χ1v) is 23.0. The van der Waals surface area contributed by atoms with Gasteiger partial charge in [0, 0.05) is 67.1 Å². The fourth-order valence-corrected chi connectivity index (χ4v) is 10.5. The Hall–Kier alpha value is -4.66. The summed E-state index contributed by atoms with van der Waals surface area (Å²) in [5.74, 6) is 0.327. The number of benzene rings is 1. The maximum atomic E-state index is 14.8. The summed E-state index contributed by atoms with van der Waals surface area (Å²) >= 11 is 0. The number of hydrogen-bond acceptors (Lipinski definition) is 13. The molecule has 3 saturated heterocycles. The van der Waals surface area contributed by atoms with E-state index in [1.54, 1.807) is 53.7 Å². The smallest absolute Gasteiger partial charge is 0.410 e. The van der Waals surface area contributed by atoms with Gasteiger partial charge in [-0.2, -0.15) is 0 Å². The number of carbonyl (C=O) groups excluding carboxylic acids is 5. The van der Waals surface area contributed by atoms with Gasteiger partial charge in [-0.3, -0.25) is 24.0 Å². The molecule has 4 aliphatic rings. The van der Waals surface area contributed by atoms with Crippen LogP contribution in [0.2, 0.25) is 0 Å². The molecule has 0 spiro atoms. The fraction of sp³-hybridized carbons (Fsp3) is 0.673. The van der Waals surface area contributed by atoms with Crippen molar-refractivity contribution in [3.63, 3.8) is 0 Å². The predicted molar refractivity (Wildman–Crippen MR) is 241 cm³/mol. The van der Waals surface area contributed by atoms with Crippen LogP contribution in [0.1, 0.15) is 122 Å². The molecule has 2 aromatic rings. The number of ether oxygens (including phenoxy) is 5. The largest absolute Gasteiger partial charge is 0.458 e. The molecule has 356 valence electrons. The number of hydrogen-bond donors (Lipinski definition) is 2. The molecule has 4 fully saturated rings. The summed E-state index contributed by atoms with van der Waals surface area (Å²) in [6.07, 6.45) is -0.235. The maximum Gasteiger partial charge on any atom is 0.410 e. The molecular formula is C49H68N4O12. The van der Waals surface area contributed by atoms with Gasteiger partial charge in [0.25, 0.3) is 5.91 Å². The van der Waals surface area contributed by atoms with Crippen molar-refractivity contribution in [1.29, 1.82) is 0 Å². The third-order valence-electron chi connectivity index (χ3n) is 14.3. The Labute approximate surface area is 381 Å². The molecule has 65 heavy (non-hydrogen) atoms. The number of carbonyl (C=O) groups is 5. The van der Waals surface area contributed by atoms with Gasteiger partial charge in [0.1, 0.15) is 29.5 Å². The molecule has 16 heteroatoms. The Bertz CT molecular complexity index is 2280. The van der Waals surface area contributed by atoms with Crippen LogP contribution >= 0.6 is 0 Å². The van der Waals surface area contributed by atoms with Crippen LogP contribution in [0.5, 0.6) is 0 Å². The van der Waals surface area contributed by atoms with E-state index in [2.05, 4.69) is 11.8 Å². The van der Waals surface area contributed by atoms with Gasteiger partial charge < -0.3 is 48.9 Å². The predicted octanol–water partition coefficient (Wildman–Crippen LogP) is 4.77. The second-order valence-corrected chi connectivity index (χ2v) is 19.4. The quantitative estimate of drug-likeness (QED) is 0.143. The molecule has 13 atom stereocenters. The number of nitrogens with two attached hydrogens (primary N) is 1. The molecule has 0 unspecified atom stereocenters. The number of Topliss-reactive ketones (excluding diaryl/α,β-unsaturated/α-hetero) is 2. The average molecular weight is 905 g/mol. The number of cyclic esters (lactones) is 1. The number of nitrogens with zero attached hydrogens (tertiary/aromatic N) is 3. The molecule has 1 saturated carbocycles. The maximum absolute atomic E-state index is 14.8. The van der Waals surface area contributed by atoms with E-state index in [9.17, 15) is 33.9 Å². The second kappa shape index (κ2) is 19.7. The lowest BCUT2D eigenvalue weighted by atomic mass is 9.73. The number of primary amides is 1. The van der Waals surface area contributed by atoms with Crippen LogP contribution in [0.3, 0.4) is 0 Å². The highest BCUT2D eigenvalue weighted by molar-refractivity contribution is 6.00. The van der Waals surface area contributed by atoms with Gasteiger partial charge in [0.15, 0.2) is 17.7 Å². The normalized spacial score (nSPS) is 35.0. The molecule has 1 aromatic heterocycles. The van der Waals surface area contributed by atoms with Gasteiger partial charge in [0.05, 0.1) is 29.4 Å². The third-order valence-corrected chi connectivity index (χ3v) is 14.3. The van der Waals surface area contributed by atoms with Crippen LogP contribution < -0.4 is 11.2 Å². The van der Waals surface area contributed by atoms with Crippen molar-refractivity contribution >= 4 is 40.4 Å². The van der Waals surface area contributed by atoms with Crippen molar-refractivity contribution in [2.24, 2.45) is 29.4 Å². The Kier molecular flexibility index (Phi) is 15.1. The van der Waals surface area contributed by atoms with Crippen LogP contribution in [0, 0.1) is 35.5 Å². The number of amides is 2. The number of aromatic nitrogens is 1. The number of esters is 1. The standard InChI is InChI=1S/C49H68N4O12/c1-12-37-49(8)42(52(47(60)65-49)21-15-13-14-16-31-17-20-33-35(23-31)53(32-18-19-32)25-34(40(33)56)44(50)58)28(4)38(54)26(2)24-48(7,61-11)43(29(5)39(55)30(6)45(59)63-37)64-46-41(57)36(51(9)10)22-27(3)62-46/h17,20,23,25-30,32,36-37,41-43,46,57H,12-13,15,18-19,21-22,24H2,1-11H3,(H2,50,58)/t26-,27-,28+,29+,30-,36+,37-,41-,42-,43-,46+,48-,49-/m1/s1. The van der Waals surface area contributed by atoms with Crippen LogP contribution in [0.25, 0.3) is 10.9 Å². The van der Waals surface area contributed by atoms with Crippen LogP contribution in [-0.4, -0.2) is 131 Å². The molecule has 3 aliphatic heterocycles. The van der Waals surface area contributed by atoms with E-state index < -0.39 is 94.7 Å². The average Bonchev–Trinajstić information content (AvgIpc) is 4.07. The van der Waals surface area contributed by atoms with Crippen LogP contribution in [-0.2, 0) is 38.1 Å². The van der Waals surface area contributed by atoms with E-state index in [1.165, 1.54) is 25.1 Å². The van der Waals surface area contributed by atoms with E-state index in [0.717, 1.165) is 12.8 Å². The summed E-state index contributed by atoms with van der Waals surface area (Å²) in [5.41, 5.74) is 3.61. The molecular weight excluding hydrogens is 837 g/mol. The van der Waals surface area contributed by atoms with E-state index in [4.69, 9.17) is 29.4 Å². The van der Waals surface area contributed by atoms with Crippen molar-refractivity contribution < 1.29 is 52.8 Å². The minimum Gasteiger partial charge on any atom is -0.458 e. The molecule has 16 nitrogen and oxygen atoms in total. The zero-order valence-corrected chi connectivity index (χ0v) is 39.8. The van der Waals surface area contributed by atoms with E-state index in [-0.39, 0.29) is 48.9 Å². The van der Waals surface area contributed by atoms with Gasteiger partial charge in [-0.15, -0.1) is 0 Å². The van der Waals surface area contributed by atoms with Crippen LogP contribution in [0.15, 0.2) is 29.2 Å². The molecule has 0 radical (unpaired) electrons. The minimum absolute atomic E-state index is 0.0488.